The third-order valence-corrected chi connectivity index (χ3v) is 4.01. The molecule has 1 heterocycles. The minimum atomic E-state index is -0.189. The number of nitrogens with one attached hydrogen (secondary N) is 1. The van der Waals surface area contributed by atoms with E-state index in [-0.39, 0.29) is 5.91 Å². The molecule has 0 aliphatic heterocycles. The van der Waals surface area contributed by atoms with Gasteiger partial charge in [0, 0.05) is 21.7 Å². The summed E-state index contributed by atoms with van der Waals surface area (Å²) in [6, 6.07) is 7.29. The van der Waals surface area contributed by atoms with Crippen LogP contribution in [0, 0.1) is 0 Å². The summed E-state index contributed by atoms with van der Waals surface area (Å²) in [7, 11) is 0. The Morgan fingerprint density at radius 1 is 1.37 bits per heavy atom. The first-order valence-corrected chi connectivity index (χ1v) is 7.32. The lowest BCUT2D eigenvalue weighted by Gasteiger charge is -2.10. The van der Waals surface area contributed by atoms with Gasteiger partial charge in [-0.2, -0.15) is 0 Å². The molecule has 6 heteroatoms. The molecule has 0 radical (unpaired) electrons. The zero-order valence-corrected chi connectivity index (χ0v) is 13.5. The van der Waals surface area contributed by atoms with Crippen LogP contribution < -0.4 is 11.1 Å². The standard InChI is InChI=1S/C13H13Br2N3O/c1-2-18-7-8(16)6-11(18)13(19)17-12-9(14)4-3-5-10(12)15/h3-7H,2,16H2,1H3,(H,17,19). The Labute approximate surface area is 128 Å². The smallest absolute Gasteiger partial charge is 0.272 e. The minimum Gasteiger partial charge on any atom is -0.397 e. The molecule has 0 bridgehead atoms. The number of carbonyl (C=O) groups excluding carboxylic acids is 1. The molecule has 0 saturated carbocycles. The van der Waals surface area contributed by atoms with Gasteiger partial charge in [0.25, 0.3) is 5.91 Å². The number of aryl methyl sites for hydroxylation is 1. The Morgan fingerprint density at radius 3 is 2.58 bits per heavy atom. The van der Waals surface area contributed by atoms with Crippen LogP contribution in [-0.4, -0.2) is 10.5 Å². The summed E-state index contributed by atoms with van der Waals surface area (Å²) in [6.07, 6.45) is 1.75. The molecule has 0 spiro atoms. The number of halogens is 2. The fourth-order valence-electron chi connectivity index (χ4n) is 1.78. The van der Waals surface area contributed by atoms with E-state index in [4.69, 9.17) is 5.73 Å². The van der Waals surface area contributed by atoms with Crippen molar-refractivity contribution in [2.45, 2.75) is 13.5 Å². The Hall–Kier alpha value is -1.27. The van der Waals surface area contributed by atoms with E-state index in [9.17, 15) is 4.79 Å². The van der Waals surface area contributed by atoms with E-state index in [2.05, 4.69) is 37.2 Å². The first kappa shape index (κ1) is 14.1. The van der Waals surface area contributed by atoms with E-state index >= 15 is 0 Å². The first-order valence-electron chi connectivity index (χ1n) is 5.74. The topological polar surface area (TPSA) is 60.0 Å². The summed E-state index contributed by atoms with van der Waals surface area (Å²) in [6.45, 7) is 2.65. The number of nitrogens with zero attached hydrogens (tertiary/aromatic N) is 1. The van der Waals surface area contributed by atoms with Gasteiger partial charge in [-0.15, -0.1) is 0 Å². The van der Waals surface area contributed by atoms with Crippen LogP contribution in [0.2, 0.25) is 0 Å². The van der Waals surface area contributed by atoms with Gasteiger partial charge in [-0.3, -0.25) is 4.79 Å². The van der Waals surface area contributed by atoms with Crippen LogP contribution in [0.4, 0.5) is 11.4 Å². The molecule has 0 unspecified atom stereocenters. The van der Waals surface area contributed by atoms with Crippen molar-refractivity contribution in [3.8, 4) is 0 Å². The van der Waals surface area contributed by atoms with Gasteiger partial charge in [0.05, 0.1) is 11.4 Å². The van der Waals surface area contributed by atoms with Crippen molar-refractivity contribution in [3.05, 3.63) is 45.1 Å². The molecule has 3 N–H and O–H groups in total. The number of para-hydroxylation sites is 1. The Bertz CT molecular complexity index is 602. The summed E-state index contributed by atoms with van der Waals surface area (Å²) < 4.78 is 3.45. The van der Waals surface area contributed by atoms with Crippen LogP contribution >= 0.6 is 31.9 Å². The lowest BCUT2D eigenvalue weighted by atomic mass is 10.3. The minimum absolute atomic E-state index is 0.189. The van der Waals surface area contributed by atoms with Crippen molar-refractivity contribution in [2.75, 3.05) is 11.1 Å². The van der Waals surface area contributed by atoms with Crippen LogP contribution in [-0.2, 0) is 6.54 Å². The van der Waals surface area contributed by atoms with Crippen LogP contribution in [0.3, 0.4) is 0 Å². The van der Waals surface area contributed by atoms with Crippen molar-refractivity contribution in [1.82, 2.24) is 4.57 Å². The number of hydrogen-bond acceptors (Lipinski definition) is 2. The second kappa shape index (κ2) is 5.79. The zero-order valence-electron chi connectivity index (χ0n) is 10.3. The molecule has 19 heavy (non-hydrogen) atoms. The van der Waals surface area contributed by atoms with Gasteiger partial charge in [0.1, 0.15) is 5.69 Å². The number of rotatable bonds is 3. The number of nitrogens with two attached hydrogens (primary N) is 1. The molecule has 1 aromatic carbocycles. The summed E-state index contributed by atoms with van der Waals surface area (Å²) in [5.41, 5.74) is 7.56. The van der Waals surface area contributed by atoms with Crippen LogP contribution in [0.5, 0.6) is 0 Å². The average Bonchev–Trinajstić information content (AvgIpc) is 2.75. The van der Waals surface area contributed by atoms with Gasteiger partial charge in [-0.25, -0.2) is 0 Å². The van der Waals surface area contributed by atoms with Gasteiger partial charge in [0.2, 0.25) is 0 Å². The molecule has 0 fully saturated rings. The highest BCUT2D eigenvalue weighted by Gasteiger charge is 2.15. The third-order valence-electron chi connectivity index (χ3n) is 2.69. The van der Waals surface area contributed by atoms with E-state index in [1.807, 2.05) is 29.7 Å². The van der Waals surface area contributed by atoms with Crippen molar-refractivity contribution in [1.29, 1.82) is 0 Å². The average molecular weight is 387 g/mol. The summed E-state index contributed by atoms with van der Waals surface area (Å²) in [4.78, 5) is 12.3. The molecule has 2 aromatic rings. The highest BCUT2D eigenvalue weighted by atomic mass is 79.9. The van der Waals surface area contributed by atoms with Crippen LogP contribution in [0.25, 0.3) is 0 Å². The molecule has 4 nitrogen and oxygen atoms in total. The molecule has 2 rings (SSSR count). The highest BCUT2D eigenvalue weighted by Crippen LogP contribution is 2.31. The quantitative estimate of drug-likeness (QED) is 0.841. The highest BCUT2D eigenvalue weighted by molar-refractivity contribution is 9.11. The van der Waals surface area contributed by atoms with E-state index in [1.165, 1.54) is 0 Å². The second-order valence-corrected chi connectivity index (χ2v) is 5.70. The molecule has 0 saturated heterocycles. The molecule has 0 aliphatic carbocycles. The first-order chi connectivity index (χ1) is 9.02. The number of carbonyl (C=O) groups is 1. The van der Waals surface area contributed by atoms with Gasteiger partial charge < -0.3 is 15.6 Å². The van der Waals surface area contributed by atoms with Crippen molar-refractivity contribution in [2.24, 2.45) is 0 Å². The molecular weight excluding hydrogens is 374 g/mol. The van der Waals surface area contributed by atoms with Crippen LogP contribution in [0.1, 0.15) is 17.4 Å². The van der Waals surface area contributed by atoms with E-state index in [0.29, 0.717) is 23.6 Å². The number of amides is 1. The number of hydrogen-bond donors (Lipinski definition) is 2. The molecular formula is C13H13Br2N3O. The second-order valence-electron chi connectivity index (χ2n) is 4.00. The monoisotopic (exact) mass is 385 g/mol. The predicted octanol–water partition coefficient (Wildman–Crippen LogP) is 3.87. The fourth-order valence-corrected chi connectivity index (χ4v) is 2.98. The maximum absolute atomic E-state index is 12.3. The van der Waals surface area contributed by atoms with Crippen LogP contribution in [0.15, 0.2) is 39.4 Å². The lowest BCUT2D eigenvalue weighted by Crippen LogP contribution is -2.16. The van der Waals surface area contributed by atoms with Crippen molar-refractivity contribution >= 4 is 49.1 Å². The zero-order chi connectivity index (χ0) is 14.0. The fraction of sp³-hybridized carbons (Fsp3) is 0.154. The Morgan fingerprint density at radius 2 is 2.00 bits per heavy atom. The SMILES string of the molecule is CCn1cc(N)cc1C(=O)Nc1c(Br)cccc1Br. The van der Waals surface area contributed by atoms with Gasteiger partial charge in [0.15, 0.2) is 0 Å². The van der Waals surface area contributed by atoms with E-state index in [1.54, 1.807) is 12.3 Å². The maximum atomic E-state index is 12.3. The number of nitrogen functional groups attached to an aromatic ring is 1. The number of aromatic nitrogens is 1. The normalized spacial score (nSPS) is 10.5. The lowest BCUT2D eigenvalue weighted by molar-refractivity contribution is 0.101. The molecule has 0 atom stereocenters. The summed E-state index contributed by atoms with van der Waals surface area (Å²) in [5, 5.41) is 2.87. The van der Waals surface area contributed by atoms with E-state index < -0.39 is 0 Å². The van der Waals surface area contributed by atoms with Crippen molar-refractivity contribution in [3.63, 3.8) is 0 Å². The largest absolute Gasteiger partial charge is 0.397 e. The summed E-state index contributed by atoms with van der Waals surface area (Å²) >= 11 is 6.83. The molecule has 0 aliphatic rings. The number of benzene rings is 1. The molecule has 1 aromatic heterocycles. The third kappa shape index (κ3) is 3.01. The summed E-state index contributed by atoms with van der Waals surface area (Å²) in [5.74, 6) is -0.189. The molecule has 1 amide bonds. The number of anilines is 2. The Kier molecular flexibility index (Phi) is 4.31. The predicted molar refractivity (Wildman–Crippen MR) is 84.3 cm³/mol. The van der Waals surface area contributed by atoms with Gasteiger partial charge in [-0.1, -0.05) is 6.07 Å². The Balaban J connectivity index is 2.31. The van der Waals surface area contributed by atoms with E-state index in [0.717, 1.165) is 8.95 Å². The van der Waals surface area contributed by atoms with Crippen molar-refractivity contribution < 1.29 is 4.79 Å². The van der Waals surface area contributed by atoms with Gasteiger partial charge >= 0.3 is 0 Å². The molecule has 100 valence electrons. The maximum Gasteiger partial charge on any atom is 0.272 e. The van der Waals surface area contributed by atoms with Gasteiger partial charge in [-0.05, 0) is 57.0 Å².